The molecular weight excluding hydrogens is 282 g/mol. The minimum atomic E-state index is -0.799. The summed E-state index contributed by atoms with van der Waals surface area (Å²) in [5, 5.41) is 4.44. The Kier molecular flexibility index (Phi) is 4.59. The number of ether oxygens (including phenoxy) is 2. The van der Waals surface area contributed by atoms with E-state index >= 15 is 0 Å². The van der Waals surface area contributed by atoms with E-state index in [0.29, 0.717) is 29.1 Å². The van der Waals surface area contributed by atoms with Crippen LogP contribution in [-0.2, 0) is 16.9 Å². The van der Waals surface area contributed by atoms with Crippen molar-refractivity contribution in [3.63, 3.8) is 0 Å². The fraction of sp³-hybridized carbons (Fsp3) is 0.385. The molecule has 0 saturated carbocycles. The molecule has 0 fully saturated rings. The van der Waals surface area contributed by atoms with Gasteiger partial charge in [-0.25, -0.2) is 0 Å². The Morgan fingerprint density at radius 3 is 2.95 bits per heavy atom. The highest BCUT2D eigenvalue weighted by molar-refractivity contribution is 6.30. The first-order valence-electron chi connectivity index (χ1n) is 6.00. The fourth-order valence-corrected chi connectivity index (χ4v) is 1.79. The van der Waals surface area contributed by atoms with Crippen molar-refractivity contribution in [2.24, 2.45) is 5.73 Å². The average molecular weight is 298 g/mol. The molecule has 2 rings (SSSR count). The van der Waals surface area contributed by atoms with Crippen LogP contribution in [0.3, 0.4) is 0 Å². The van der Waals surface area contributed by atoms with E-state index in [1.165, 1.54) is 0 Å². The van der Waals surface area contributed by atoms with E-state index in [9.17, 15) is 0 Å². The monoisotopic (exact) mass is 297 g/mol. The molecule has 1 aromatic heterocycles. The number of hydrogen-bond acceptors (Lipinski definition) is 6. The molecule has 0 radical (unpaired) electrons. The van der Waals surface area contributed by atoms with Crippen molar-refractivity contribution in [2.75, 3.05) is 13.7 Å². The van der Waals surface area contributed by atoms with E-state index < -0.39 is 5.54 Å². The van der Waals surface area contributed by atoms with E-state index in [1.54, 1.807) is 38.3 Å². The van der Waals surface area contributed by atoms with Crippen molar-refractivity contribution in [1.29, 1.82) is 0 Å². The second-order valence-corrected chi connectivity index (χ2v) is 5.04. The zero-order chi connectivity index (χ0) is 14.6. The summed E-state index contributed by atoms with van der Waals surface area (Å²) in [7, 11) is 1.56. The van der Waals surface area contributed by atoms with Crippen molar-refractivity contribution in [3.8, 4) is 5.75 Å². The van der Waals surface area contributed by atoms with E-state index in [1.807, 2.05) is 0 Å². The lowest BCUT2D eigenvalue weighted by Gasteiger charge is -2.18. The molecule has 1 heterocycles. The maximum Gasteiger partial charge on any atom is 0.264 e. The van der Waals surface area contributed by atoms with Gasteiger partial charge in [0.1, 0.15) is 11.3 Å². The van der Waals surface area contributed by atoms with Crippen molar-refractivity contribution < 1.29 is 14.0 Å². The van der Waals surface area contributed by atoms with Crippen molar-refractivity contribution >= 4 is 11.6 Å². The Bertz CT molecular complexity index is 571. The Labute approximate surface area is 121 Å². The summed E-state index contributed by atoms with van der Waals surface area (Å²) in [5.74, 6) is 1.35. The third-order valence-electron chi connectivity index (χ3n) is 2.58. The Hall–Kier alpha value is -1.63. The van der Waals surface area contributed by atoms with Gasteiger partial charge in [0.15, 0.2) is 12.4 Å². The third kappa shape index (κ3) is 3.69. The van der Waals surface area contributed by atoms with Gasteiger partial charge in [-0.3, -0.25) is 0 Å². The molecule has 2 aromatic rings. The maximum atomic E-state index is 6.02. The highest BCUT2D eigenvalue weighted by Crippen LogP contribution is 2.19. The standard InChI is InChI=1S/C13H16ClN3O3/c1-13(15,8-18-2)12-16-11(20-17-12)7-19-10-5-3-4-9(14)6-10/h3-6H,7-8,15H2,1-2H3. The predicted molar refractivity (Wildman–Crippen MR) is 73.5 cm³/mol. The largest absolute Gasteiger partial charge is 0.484 e. The second-order valence-electron chi connectivity index (χ2n) is 4.61. The molecule has 0 saturated heterocycles. The van der Waals surface area contributed by atoms with Gasteiger partial charge in [0, 0.05) is 12.1 Å². The third-order valence-corrected chi connectivity index (χ3v) is 2.82. The van der Waals surface area contributed by atoms with Gasteiger partial charge in [0.2, 0.25) is 0 Å². The number of rotatable bonds is 6. The zero-order valence-electron chi connectivity index (χ0n) is 11.3. The van der Waals surface area contributed by atoms with E-state index in [-0.39, 0.29) is 6.61 Å². The van der Waals surface area contributed by atoms with Crippen LogP contribution in [0.25, 0.3) is 0 Å². The minimum Gasteiger partial charge on any atom is -0.484 e. The molecule has 0 aliphatic carbocycles. The molecule has 6 nitrogen and oxygen atoms in total. The van der Waals surface area contributed by atoms with Gasteiger partial charge in [-0.15, -0.1) is 0 Å². The highest BCUT2D eigenvalue weighted by atomic mass is 35.5. The van der Waals surface area contributed by atoms with Gasteiger partial charge in [0.05, 0.1) is 6.61 Å². The fourth-order valence-electron chi connectivity index (χ4n) is 1.61. The van der Waals surface area contributed by atoms with Crippen LogP contribution >= 0.6 is 11.6 Å². The summed E-state index contributed by atoms with van der Waals surface area (Å²) in [4.78, 5) is 4.20. The van der Waals surface area contributed by atoms with Gasteiger partial charge in [-0.1, -0.05) is 22.8 Å². The smallest absolute Gasteiger partial charge is 0.264 e. The number of halogens is 1. The average Bonchev–Trinajstić information content (AvgIpc) is 2.86. The lowest BCUT2D eigenvalue weighted by molar-refractivity contribution is 0.134. The summed E-state index contributed by atoms with van der Waals surface area (Å²) in [5.41, 5.74) is 5.22. The lowest BCUT2D eigenvalue weighted by atomic mass is 10.1. The normalized spacial score (nSPS) is 14.0. The molecule has 0 aliphatic heterocycles. The lowest BCUT2D eigenvalue weighted by Crippen LogP contribution is -2.39. The predicted octanol–water partition coefficient (Wildman–Crippen LogP) is 2.12. The van der Waals surface area contributed by atoms with Crippen LogP contribution in [0.2, 0.25) is 5.02 Å². The molecule has 0 bridgehead atoms. The van der Waals surface area contributed by atoms with Crippen LogP contribution in [0.4, 0.5) is 0 Å². The highest BCUT2D eigenvalue weighted by Gasteiger charge is 2.27. The topological polar surface area (TPSA) is 83.4 Å². The Balaban J connectivity index is 2.00. The van der Waals surface area contributed by atoms with E-state index in [0.717, 1.165) is 0 Å². The number of methoxy groups -OCH3 is 1. The van der Waals surface area contributed by atoms with E-state index in [2.05, 4.69) is 10.1 Å². The van der Waals surface area contributed by atoms with Crippen LogP contribution in [0.1, 0.15) is 18.6 Å². The number of benzene rings is 1. The first-order chi connectivity index (χ1) is 9.51. The first kappa shape index (κ1) is 14.8. The molecule has 1 aromatic carbocycles. The van der Waals surface area contributed by atoms with Crippen LogP contribution in [0, 0.1) is 0 Å². The Morgan fingerprint density at radius 1 is 1.45 bits per heavy atom. The Morgan fingerprint density at radius 2 is 2.25 bits per heavy atom. The number of aromatic nitrogens is 2. The molecule has 108 valence electrons. The summed E-state index contributed by atoms with van der Waals surface area (Å²) >= 11 is 5.86. The van der Waals surface area contributed by atoms with Crippen LogP contribution in [0.15, 0.2) is 28.8 Å². The quantitative estimate of drug-likeness (QED) is 0.879. The maximum absolute atomic E-state index is 6.02. The molecule has 0 aliphatic rings. The first-order valence-corrected chi connectivity index (χ1v) is 6.38. The van der Waals surface area contributed by atoms with Gasteiger partial charge < -0.3 is 19.7 Å². The SMILES string of the molecule is COCC(C)(N)c1noc(COc2cccc(Cl)c2)n1. The number of nitrogens with zero attached hydrogens (tertiary/aromatic N) is 2. The van der Waals surface area contributed by atoms with Crippen molar-refractivity contribution in [2.45, 2.75) is 19.1 Å². The number of hydrogen-bond donors (Lipinski definition) is 1. The molecule has 0 spiro atoms. The molecule has 0 amide bonds. The summed E-state index contributed by atoms with van der Waals surface area (Å²) < 4.78 is 15.6. The van der Waals surface area contributed by atoms with Crippen molar-refractivity contribution in [1.82, 2.24) is 10.1 Å². The van der Waals surface area contributed by atoms with Gasteiger partial charge in [-0.05, 0) is 25.1 Å². The van der Waals surface area contributed by atoms with Gasteiger partial charge in [0.25, 0.3) is 5.89 Å². The molecule has 7 heteroatoms. The summed E-state index contributed by atoms with van der Waals surface area (Å²) in [6.45, 7) is 2.21. The van der Waals surface area contributed by atoms with Crippen LogP contribution in [-0.4, -0.2) is 23.9 Å². The summed E-state index contributed by atoms with van der Waals surface area (Å²) in [6.07, 6.45) is 0. The van der Waals surface area contributed by atoms with Crippen LogP contribution in [0.5, 0.6) is 5.75 Å². The summed E-state index contributed by atoms with van der Waals surface area (Å²) in [6, 6.07) is 7.06. The molecule has 1 unspecified atom stereocenters. The number of nitrogens with two attached hydrogens (primary N) is 1. The molecule has 1 atom stereocenters. The second kappa shape index (κ2) is 6.21. The minimum absolute atomic E-state index is 0.149. The zero-order valence-corrected chi connectivity index (χ0v) is 12.1. The van der Waals surface area contributed by atoms with Crippen molar-refractivity contribution in [3.05, 3.63) is 41.0 Å². The van der Waals surface area contributed by atoms with E-state index in [4.69, 9.17) is 31.3 Å². The molecule has 2 N–H and O–H groups in total. The van der Waals surface area contributed by atoms with Crippen LogP contribution < -0.4 is 10.5 Å². The van der Waals surface area contributed by atoms with Gasteiger partial charge >= 0.3 is 0 Å². The molecular formula is C13H16ClN3O3. The van der Waals surface area contributed by atoms with Gasteiger partial charge in [-0.2, -0.15) is 4.98 Å². The molecule has 20 heavy (non-hydrogen) atoms.